The maximum absolute atomic E-state index is 12.3. The molecule has 60 valence electrons. The minimum absolute atomic E-state index is 0.392. The molecule has 1 nitrogen and oxygen atoms in total. The number of pyridine rings is 1. The number of rotatable bonds is 2. The van der Waals surface area contributed by atoms with Crippen LogP contribution in [0.4, 0.5) is 4.39 Å². The molecular formula is C8H10FNS. The topological polar surface area (TPSA) is 12.9 Å². The van der Waals surface area contributed by atoms with Gasteiger partial charge in [0.1, 0.15) is 0 Å². The van der Waals surface area contributed by atoms with Crippen LogP contribution < -0.4 is 0 Å². The van der Waals surface area contributed by atoms with E-state index in [1.165, 1.54) is 6.07 Å². The Bertz CT molecular complexity index is 222. The van der Waals surface area contributed by atoms with Crippen LogP contribution in [0, 0.1) is 5.95 Å². The van der Waals surface area contributed by atoms with E-state index in [4.69, 9.17) is 0 Å². The lowest BCUT2D eigenvalue weighted by Gasteiger charge is -2.06. The fourth-order valence-corrected chi connectivity index (χ4v) is 1.18. The van der Waals surface area contributed by atoms with Gasteiger partial charge >= 0.3 is 0 Å². The summed E-state index contributed by atoms with van der Waals surface area (Å²) in [7, 11) is 0. The van der Waals surface area contributed by atoms with Crippen LogP contribution in [0.2, 0.25) is 0 Å². The van der Waals surface area contributed by atoms with Crippen molar-refractivity contribution < 1.29 is 4.39 Å². The van der Waals surface area contributed by atoms with Gasteiger partial charge < -0.3 is 0 Å². The van der Waals surface area contributed by atoms with Crippen LogP contribution in [0.3, 0.4) is 0 Å². The van der Waals surface area contributed by atoms with Crippen molar-refractivity contribution in [2.24, 2.45) is 0 Å². The highest BCUT2D eigenvalue weighted by atomic mass is 32.2. The van der Waals surface area contributed by atoms with E-state index in [9.17, 15) is 4.39 Å². The molecule has 0 spiro atoms. The molecule has 1 heterocycles. The molecule has 0 saturated heterocycles. The molecule has 1 rings (SSSR count). The second-order valence-corrected chi connectivity index (χ2v) is 3.47. The lowest BCUT2D eigenvalue weighted by atomic mass is 10.2. The van der Waals surface area contributed by atoms with Crippen molar-refractivity contribution in [3.63, 3.8) is 0 Å². The van der Waals surface area contributed by atoms with Gasteiger partial charge in [-0.1, -0.05) is 6.07 Å². The summed E-state index contributed by atoms with van der Waals surface area (Å²) in [5.41, 5.74) is 1.07. The van der Waals surface area contributed by atoms with Gasteiger partial charge in [-0.15, -0.1) is 0 Å². The molecule has 0 aliphatic carbocycles. The lowest BCUT2D eigenvalue weighted by Crippen LogP contribution is -1.89. The Morgan fingerprint density at radius 1 is 1.55 bits per heavy atom. The van der Waals surface area contributed by atoms with Crippen LogP contribution in [-0.2, 0) is 0 Å². The summed E-state index contributed by atoms with van der Waals surface area (Å²) >= 11 is 1.72. The number of nitrogens with zero attached hydrogens (tertiary/aromatic N) is 1. The molecule has 0 aliphatic heterocycles. The molecule has 1 aromatic rings. The second kappa shape index (κ2) is 3.72. The van der Waals surface area contributed by atoms with Crippen molar-refractivity contribution in [2.45, 2.75) is 12.2 Å². The molecule has 11 heavy (non-hydrogen) atoms. The van der Waals surface area contributed by atoms with E-state index < -0.39 is 5.95 Å². The van der Waals surface area contributed by atoms with E-state index in [1.807, 2.05) is 6.26 Å². The summed E-state index contributed by atoms with van der Waals surface area (Å²) in [4.78, 5) is 3.57. The maximum Gasteiger partial charge on any atom is 0.212 e. The van der Waals surface area contributed by atoms with E-state index in [0.29, 0.717) is 5.25 Å². The fraction of sp³-hybridized carbons (Fsp3) is 0.375. The molecule has 0 saturated carbocycles. The molecule has 0 aromatic carbocycles. The summed E-state index contributed by atoms with van der Waals surface area (Å²) in [6, 6.07) is 3.16. The number of hydrogen-bond acceptors (Lipinski definition) is 2. The van der Waals surface area contributed by atoms with Gasteiger partial charge in [0.05, 0.1) is 0 Å². The summed E-state index contributed by atoms with van der Waals surface area (Å²) in [5.74, 6) is -0.415. The molecule has 0 fully saturated rings. The predicted octanol–water partition coefficient (Wildman–Crippen LogP) is 2.64. The summed E-state index contributed by atoms with van der Waals surface area (Å²) in [6.07, 6.45) is 3.60. The first-order valence-electron chi connectivity index (χ1n) is 3.38. The molecule has 0 bridgehead atoms. The second-order valence-electron chi connectivity index (χ2n) is 2.29. The van der Waals surface area contributed by atoms with Crippen molar-refractivity contribution in [3.05, 3.63) is 29.8 Å². The predicted molar refractivity (Wildman–Crippen MR) is 46.1 cm³/mol. The molecule has 1 atom stereocenters. The monoisotopic (exact) mass is 171 g/mol. The van der Waals surface area contributed by atoms with Gasteiger partial charge in [-0.05, 0) is 24.8 Å². The van der Waals surface area contributed by atoms with E-state index in [2.05, 4.69) is 11.9 Å². The van der Waals surface area contributed by atoms with Crippen molar-refractivity contribution >= 4 is 11.8 Å². The van der Waals surface area contributed by atoms with Gasteiger partial charge in [0, 0.05) is 11.4 Å². The molecule has 0 aliphatic rings. The molecule has 0 radical (unpaired) electrons. The zero-order valence-electron chi connectivity index (χ0n) is 6.54. The molecular weight excluding hydrogens is 161 g/mol. The Labute approximate surface area is 70.0 Å². The molecule has 1 unspecified atom stereocenters. The van der Waals surface area contributed by atoms with Crippen molar-refractivity contribution in [3.8, 4) is 0 Å². The van der Waals surface area contributed by atoms with Gasteiger partial charge in [-0.3, -0.25) is 0 Å². The Balaban J connectivity index is 2.81. The van der Waals surface area contributed by atoms with Crippen molar-refractivity contribution in [1.29, 1.82) is 0 Å². The van der Waals surface area contributed by atoms with E-state index >= 15 is 0 Å². The van der Waals surface area contributed by atoms with Crippen molar-refractivity contribution in [1.82, 2.24) is 4.98 Å². The van der Waals surface area contributed by atoms with Crippen LogP contribution in [0.5, 0.6) is 0 Å². The average Bonchev–Trinajstić information content (AvgIpc) is 2.05. The zero-order chi connectivity index (χ0) is 8.27. The minimum Gasteiger partial charge on any atom is -0.228 e. The zero-order valence-corrected chi connectivity index (χ0v) is 7.36. The maximum atomic E-state index is 12.3. The number of thioether (sulfide) groups is 1. The lowest BCUT2D eigenvalue weighted by molar-refractivity contribution is 0.582. The normalized spacial score (nSPS) is 13.0. The van der Waals surface area contributed by atoms with E-state index in [-0.39, 0.29) is 0 Å². The smallest absolute Gasteiger partial charge is 0.212 e. The van der Waals surface area contributed by atoms with Crippen LogP contribution in [-0.4, -0.2) is 11.2 Å². The average molecular weight is 171 g/mol. The highest BCUT2D eigenvalue weighted by Crippen LogP contribution is 2.24. The largest absolute Gasteiger partial charge is 0.228 e. The van der Waals surface area contributed by atoms with Gasteiger partial charge in [0.2, 0.25) is 5.95 Å². The van der Waals surface area contributed by atoms with Crippen LogP contribution in [0.15, 0.2) is 18.3 Å². The first kappa shape index (κ1) is 8.53. The van der Waals surface area contributed by atoms with E-state index in [1.54, 1.807) is 24.0 Å². The summed E-state index contributed by atoms with van der Waals surface area (Å²) in [5, 5.41) is 0.392. The Morgan fingerprint density at radius 2 is 2.27 bits per heavy atom. The number of halogens is 1. The fourth-order valence-electron chi connectivity index (χ4n) is 0.764. The third-order valence-corrected chi connectivity index (χ3v) is 2.55. The van der Waals surface area contributed by atoms with Crippen LogP contribution >= 0.6 is 11.8 Å². The van der Waals surface area contributed by atoms with Crippen molar-refractivity contribution in [2.75, 3.05) is 6.26 Å². The van der Waals surface area contributed by atoms with Gasteiger partial charge in [-0.2, -0.15) is 16.2 Å². The van der Waals surface area contributed by atoms with Crippen LogP contribution in [0.1, 0.15) is 17.7 Å². The number of hydrogen-bond donors (Lipinski definition) is 0. The Hall–Kier alpha value is -0.570. The van der Waals surface area contributed by atoms with Gasteiger partial charge in [0.25, 0.3) is 0 Å². The standard InChI is InChI=1S/C8H10FNS/c1-6(11-2)7-3-4-8(9)10-5-7/h3-6H,1-2H3. The van der Waals surface area contributed by atoms with Gasteiger partial charge in [0.15, 0.2) is 0 Å². The summed E-state index contributed by atoms with van der Waals surface area (Å²) in [6.45, 7) is 2.07. The molecule has 0 N–H and O–H groups in total. The minimum atomic E-state index is -0.415. The highest BCUT2D eigenvalue weighted by Gasteiger charge is 2.02. The molecule has 1 aromatic heterocycles. The summed E-state index contributed by atoms with van der Waals surface area (Å²) < 4.78 is 12.3. The third kappa shape index (κ3) is 2.19. The van der Waals surface area contributed by atoms with E-state index in [0.717, 1.165) is 5.56 Å². The SMILES string of the molecule is CSC(C)c1ccc(F)nc1. The molecule has 3 heteroatoms. The molecule has 0 amide bonds. The first-order chi connectivity index (χ1) is 5.24. The van der Waals surface area contributed by atoms with Crippen LogP contribution in [0.25, 0.3) is 0 Å². The first-order valence-corrected chi connectivity index (χ1v) is 4.67. The Morgan fingerprint density at radius 3 is 2.73 bits per heavy atom. The van der Waals surface area contributed by atoms with Gasteiger partial charge in [-0.25, -0.2) is 4.98 Å². The Kier molecular flexibility index (Phi) is 2.88. The highest BCUT2D eigenvalue weighted by molar-refractivity contribution is 7.98. The third-order valence-electron chi connectivity index (χ3n) is 1.57. The number of aromatic nitrogens is 1. The quantitative estimate of drug-likeness (QED) is 0.634.